The first-order valence-corrected chi connectivity index (χ1v) is 17.2. The van der Waals surface area contributed by atoms with E-state index in [1.807, 2.05) is 47.7 Å². The Bertz CT molecular complexity index is 2500. The zero-order valence-corrected chi connectivity index (χ0v) is 27.3. The Morgan fingerprint density at radius 1 is 0.388 bits per heavy atom. The number of para-hydroxylation sites is 1. The Hall–Kier alpha value is -6.23. The summed E-state index contributed by atoms with van der Waals surface area (Å²) in [4.78, 5) is 16.5. The fraction of sp³-hybridized carbons (Fsp3) is 0. The average Bonchev–Trinajstić information content (AvgIpc) is 3.60. The lowest BCUT2D eigenvalue weighted by Gasteiger charge is -2.11. The molecule has 0 aliphatic heterocycles. The molecule has 0 bridgehead atoms. The lowest BCUT2D eigenvalue weighted by Crippen LogP contribution is -1.95. The van der Waals surface area contributed by atoms with E-state index in [0.717, 1.165) is 50.4 Å². The van der Waals surface area contributed by atoms with Crippen molar-refractivity contribution < 1.29 is 0 Å². The van der Waals surface area contributed by atoms with Crippen LogP contribution in [0.1, 0.15) is 0 Å². The van der Waals surface area contributed by atoms with Gasteiger partial charge in [-0.2, -0.15) is 0 Å². The number of hydrogen-bond acceptors (Lipinski definition) is 4. The Morgan fingerprint density at radius 2 is 0.878 bits per heavy atom. The van der Waals surface area contributed by atoms with E-state index in [4.69, 9.17) is 15.0 Å². The van der Waals surface area contributed by atoms with Crippen LogP contribution in [0.25, 0.3) is 87.7 Å². The SMILES string of the molecule is c1ccc(-c2cc(-c3ccc(-c4sc5c(c(-c6ccccc6)nc6ccccc65)c4-c4ccccc4)cc3)nc(-c3ccccc3)n2)cc1. The molecule has 0 saturated carbocycles. The molecule has 230 valence electrons. The van der Waals surface area contributed by atoms with Gasteiger partial charge in [0.15, 0.2) is 5.82 Å². The number of aromatic nitrogens is 3. The highest BCUT2D eigenvalue weighted by molar-refractivity contribution is 7.24. The van der Waals surface area contributed by atoms with Crippen LogP contribution in [-0.4, -0.2) is 15.0 Å². The second-order valence-corrected chi connectivity index (χ2v) is 13.0. The van der Waals surface area contributed by atoms with Gasteiger partial charge < -0.3 is 0 Å². The molecule has 6 aromatic carbocycles. The van der Waals surface area contributed by atoms with Gasteiger partial charge in [-0.3, -0.25) is 0 Å². The maximum atomic E-state index is 5.28. The number of fused-ring (bicyclic) bond motifs is 3. The van der Waals surface area contributed by atoms with Crippen LogP contribution in [0.2, 0.25) is 0 Å². The van der Waals surface area contributed by atoms with Gasteiger partial charge in [-0.15, -0.1) is 11.3 Å². The van der Waals surface area contributed by atoms with E-state index < -0.39 is 0 Å². The molecule has 3 heterocycles. The van der Waals surface area contributed by atoms with Crippen molar-refractivity contribution in [2.24, 2.45) is 0 Å². The summed E-state index contributed by atoms with van der Waals surface area (Å²) < 4.78 is 1.25. The van der Waals surface area contributed by atoms with Crippen molar-refractivity contribution in [3.8, 4) is 66.7 Å². The van der Waals surface area contributed by atoms with E-state index in [1.165, 1.54) is 31.5 Å². The molecule has 0 radical (unpaired) electrons. The summed E-state index contributed by atoms with van der Waals surface area (Å²) in [6.45, 7) is 0. The van der Waals surface area contributed by atoms with Gasteiger partial charge in [-0.25, -0.2) is 15.0 Å². The number of thiophene rings is 1. The number of pyridine rings is 1. The van der Waals surface area contributed by atoms with Crippen LogP contribution in [0.3, 0.4) is 0 Å². The van der Waals surface area contributed by atoms with Crippen molar-refractivity contribution in [1.82, 2.24) is 15.0 Å². The first-order chi connectivity index (χ1) is 24.3. The number of benzene rings is 6. The van der Waals surface area contributed by atoms with E-state index >= 15 is 0 Å². The third kappa shape index (κ3) is 5.38. The standard InChI is InChI=1S/C45H29N3S/c1-5-15-30(16-6-1)38-29-39(48-45(47-38)35-21-11-4-12-22-35)31-25-27-34(28-26-31)43-40(32-17-7-2-8-18-32)41-42(33-19-9-3-10-20-33)46-37-24-14-13-23-36(37)44(41)49-43/h1-29H. The second-order valence-electron chi connectivity index (χ2n) is 12.0. The fourth-order valence-corrected chi connectivity index (χ4v) is 7.90. The van der Waals surface area contributed by atoms with Crippen LogP contribution in [-0.2, 0) is 0 Å². The second kappa shape index (κ2) is 12.4. The third-order valence-corrected chi connectivity index (χ3v) is 10.2. The predicted molar refractivity (Wildman–Crippen MR) is 205 cm³/mol. The van der Waals surface area contributed by atoms with Crippen LogP contribution < -0.4 is 0 Å². The largest absolute Gasteiger partial charge is 0.247 e. The van der Waals surface area contributed by atoms with Crippen molar-refractivity contribution in [1.29, 1.82) is 0 Å². The molecule has 0 spiro atoms. The molecule has 9 aromatic rings. The van der Waals surface area contributed by atoms with Gasteiger partial charge in [0.25, 0.3) is 0 Å². The first kappa shape index (κ1) is 29.0. The van der Waals surface area contributed by atoms with Crippen molar-refractivity contribution in [2.45, 2.75) is 0 Å². The van der Waals surface area contributed by atoms with E-state index in [9.17, 15) is 0 Å². The monoisotopic (exact) mass is 643 g/mol. The molecule has 49 heavy (non-hydrogen) atoms. The molecule has 0 unspecified atom stereocenters. The highest BCUT2D eigenvalue weighted by atomic mass is 32.1. The van der Waals surface area contributed by atoms with Gasteiger partial charge in [-0.1, -0.05) is 164 Å². The first-order valence-electron chi connectivity index (χ1n) is 16.4. The molecule has 0 N–H and O–H groups in total. The maximum absolute atomic E-state index is 5.28. The summed E-state index contributed by atoms with van der Waals surface area (Å²) in [7, 11) is 0. The Morgan fingerprint density at radius 3 is 1.51 bits per heavy atom. The number of nitrogens with zero attached hydrogens (tertiary/aromatic N) is 3. The zero-order chi connectivity index (χ0) is 32.6. The minimum absolute atomic E-state index is 0.713. The quantitative estimate of drug-likeness (QED) is 0.181. The molecule has 4 heteroatoms. The summed E-state index contributed by atoms with van der Waals surface area (Å²) in [5.41, 5.74) is 11.6. The van der Waals surface area contributed by atoms with Crippen LogP contribution >= 0.6 is 11.3 Å². The topological polar surface area (TPSA) is 38.7 Å². The van der Waals surface area contributed by atoms with Crippen LogP contribution in [0.15, 0.2) is 176 Å². The predicted octanol–water partition coefficient (Wildman–Crippen LogP) is 12.2. The van der Waals surface area contributed by atoms with Crippen molar-refractivity contribution >= 4 is 32.3 Å². The van der Waals surface area contributed by atoms with E-state index in [0.29, 0.717) is 5.82 Å². The molecular formula is C45H29N3S. The molecule has 0 amide bonds. The third-order valence-electron chi connectivity index (χ3n) is 8.91. The van der Waals surface area contributed by atoms with Gasteiger partial charge in [0.2, 0.25) is 0 Å². The maximum Gasteiger partial charge on any atom is 0.160 e. The van der Waals surface area contributed by atoms with E-state index in [2.05, 4.69) is 140 Å². The number of hydrogen-bond donors (Lipinski definition) is 0. The molecule has 9 rings (SSSR count). The fourth-order valence-electron chi connectivity index (χ4n) is 6.54. The Balaban J connectivity index is 1.24. The van der Waals surface area contributed by atoms with Crippen molar-refractivity contribution in [3.63, 3.8) is 0 Å². The van der Waals surface area contributed by atoms with Gasteiger partial charge >= 0.3 is 0 Å². The van der Waals surface area contributed by atoms with Gasteiger partial charge in [0.05, 0.1) is 22.6 Å². The molecule has 0 fully saturated rings. The Labute approximate surface area is 288 Å². The summed E-state index contributed by atoms with van der Waals surface area (Å²) >= 11 is 1.85. The molecule has 0 aliphatic rings. The summed E-state index contributed by atoms with van der Waals surface area (Å²) in [5.74, 6) is 0.713. The molecule has 0 saturated heterocycles. The number of rotatable bonds is 6. The highest BCUT2D eigenvalue weighted by Gasteiger charge is 2.22. The molecule has 3 aromatic heterocycles. The van der Waals surface area contributed by atoms with Crippen molar-refractivity contribution in [3.05, 3.63) is 176 Å². The van der Waals surface area contributed by atoms with E-state index in [-0.39, 0.29) is 0 Å². The minimum atomic E-state index is 0.713. The van der Waals surface area contributed by atoms with Crippen LogP contribution in [0.5, 0.6) is 0 Å². The Kier molecular flexibility index (Phi) is 7.34. The smallest absolute Gasteiger partial charge is 0.160 e. The lowest BCUT2D eigenvalue weighted by atomic mass is 9.94. The molecular weight excluding hydrogens is 615 g/mol. The summed E-state index contributed by atoms with van der Waals surface area (Å²) in [6, 6.07) is 61.2. The van der Waals surface area contributed by atoms with Crippen LogP contribution in [0.4, 0.5) is 0 Å². The minimum Gasteiger partial charge on any atom is -0.247 e. The van der Waals surface area contributed by atoms with Gasteiger partial charge in [0.1, 0.15) is 0 Å². The summed E-state index contributed by atoms with van der Waals surface area (Å²) in [6.07, 6.45) is 0. The molecule has 0 atom stereocenters. The van der Waals surface area contributed by atoms with Crippen LogP contribution in [0, 0.1) is 0 Å². The van der Waals surface area contributed by atoms with Crippen molar-refractivity contribution in [2.75, 3.05) is 0 Å². The normalized spacial score (nSPS) is 11.3. The van der Waals surface area contributed by atoms with Gasteiger partial charge in [-0.05, 0) is 23.3 Å². The lowest BCUT2D eigenvalue weighted by molar-refractivity contribution is 1.18. The van der Waals surface area contributed by atoms with E-state index in [1.54, 1.807) is 0 Å². The zero-order valence-electron chi connectivity index (χ0n) is 26.5. The molecule has 0 aliphatic carbocycles. The van der Waals surface area contributed by atoms with Gasteiger partial charge in [0, 0.05) is 48.2 Å². The highest BCUT2D eigenvalue weighted by Crippen LogP contribution is 2.50. The summed E-state index contributed by atoms with van der Waals surface area (Å²) in [5, 5.41) is 2.36. The molecule has 3 nitrogen and oxygen atoms in total. The average molecular weight is 644 g/mol.